The number of rotatable bonds is 4. The van der Waals surface area contributed by atoms with Crippen molar-refractivity contribution < 1.29 is 0 Å². The fourth-order valence-corrected chi connectivity index (χ4v) is 2.33. The number of halogens is 1. The normalized spacial score (nSPS) is 10.1. The van der Waals surface area contributed by atoms with Gasteiger partial charge < -0.3 is 0 Å². The van der Waals surface area contributed by atoms with Crippen LogP contribution in [0.15, 0.2) is 29.2 Å². The summed E-state index contributed by atoms with van der Waals surface area (Å²) in [6.07, 6.45) is 0.234. The van der Waals surface area contributed by atoms with Crippen LogP contribution in [0.5, 0.6) is 0 Å². The molecular weight excluding hydrogens is 256 g/mol. The number of H-pyrrole nitrogens is 1. The molecule has 0 saturated carbocycles. The largest absolute Gasteiger partial charge is 0.262 e. The Kier molecular flexibility index (Phi) is 4.02. The van der Waals surface area contributed by atoms with Gasteiger partial charge in [-0.1, -0.05) is 17.7 Å². The number of aromatic amines is 1. The van der Waals surface area contributed by atoms with Crippen LogP contribution in [0.1, 0.15) is 11.6 Å². The minimum Gasteiger partial charge on any atom is -0.262 e. The van der Waals surface area contributed by atoms with Crippen molar-refractivity contribution in [3.8, 4) is 6.07 Å². The molecule has 0 saturated heterocycles. The van der Waals surface area contributed by atoms with Crippen LogP contribution in [-0.2, 0) is 12.2 Å². The Morgan fingerprint density at radius 3 is 3.12 bits per heavy atom. The van der Waals surface area contributed by atoms with Crippen molar-refractivity contribution in [2.24, 2.45) is 0 Å². The van der Waals surface area contributed by atoms with Gasteiger partial charge in [-0.2, -0.15) is 10.4 Å². The highest BCUT2D eigenvalue weighted by Crippen LogP contribution is 2.23. The van der Waals surface area contributed by atoms with E-state index < -0.39 is 0 Å². The SMILES string of the molecule is N#CCc1n[nH]c(CSc2cccc(Cl)c2)n1. The number of benzene rings is 1. The van der Waals surface area contributed by atoms with Gasteiger partial charge in [-0.25, -0.2) is 4.98 Å². The second kappa shape index (κ2) is 5.71. The molecular formula is C11H9ClN4S. The maximum Gasteiger partial charge on any atom is 0.164 e. The molecule has 0 bridgehead atoms. The third-order valence-electron chi connectivity index (χ3n) is 1.99. The van der Waals surface area contributed by atoms with Crippen molar-refractivity contribution in [3.05, 3.63) is 40.9 Å². The van der Waals surface area contributed by atoms with Crippen LogP contribution in [0.25, 0.3) is 0 Å². The Morgan fingerprint density at radius 2 is 2.35 bits per heavy atom. The highest BCUT2D eigenvalue weighted by molar-refractivity contribution is 7.98. The topological polar surface area (TPSA) is 65.4 Å². The number of nitrogens with one attached hydrogen (secondary N) is 1. The van der Waals surface area contributed by atoms with E-state index in [1.807, 2.05) is 30.3 Å². The fraction of sp³-hybridized carbons (Fsp3) is 0.182. The minimum absolute atomic E-state index is 0.234. The van der Waals surface area contributed by atoms with E-state index in [0.29, 0.717) is 11.6 Å². The Hall–Kier alpha value is -1.51. The maximum absolute atomic E-state index is 8.50. The molecule has 0 fully saturated rings. The molecule has 0 unspecified atom stereocenters. The highest BCUT2D eigenvalue weighted by atomic mass is 35.5. The molecule has 0 aliphatic heterocycles. The number of nitriles is 1. The standard InChI is InChI=1S/C11H9ClN4S/c12-8-2-1-3-9(6-8)17-7-11-14-10(4-5-13)15-16-11/h1-3,6H,4,7H2,(H,14,15,16). The predicted octanol–water partition coefficient (Wildman–Crippen LogP) is 2.82. The molecule has 86 valence electrons. The Bertz CT molecular complexity index is 546. The number of hydrogen-bond donors (Lipinski definition) is 1. The zero-order valence-electron chi connectivity index (χ0n) is 8.85. The lowest BCUT2D eigenvalue weighted by Crippen LogP contribution is -1.85. The molecule has 1 aromatic carbocycles. The molecule has 0 aliphatic rings. The lowest BCUT2D eigenvalue weighted by Gasteiger charge is -1.99. The molecule has 1 aromatic heterocycles. The average molecular weight is 265 g/mol. The van der Waals surface area contributed by atoms with Gasteiger partial charge in [0, 0.05) is 9.92 Å². The van der Waals surface area contributed by atoms with Gasteiger partial charge in [-0.15, -0.1) is 11.8 Å². The summed E-state index contributed by atoms with van der Waals surface area (Å²) in [5, 5.41) is 16.0. The van der Waals surface area contributed by atoms with Gasteiger partial charge in [0.25, 0.3) is 0 Å². The smallest absolute Gasteiger partial charge is 0.164 e. The van der Waals surface area contributed by atoms with Gasteiger partial charge in [0.1, 0.15) is 5.82 Å². The van der Waals surface area contributed by atoms with Crippen molar-refractivity contribution in [3.63, 3.8) is 0 Å². The first-order chi connectivity index (χ1) is 8.28. The van der Waals surface area contributed by atoms with Crippen LogP contribution in [0, 0.1) is 11.3 Å². The van der Waals surface area contributed by atoms with Gasteiger partial charge in [0.05, 0.1) is 18.2 Å². The monoisotopic (exact) mass is 264 g/mol. The molecule has 0 amide bonds. The van der Waals surface area contributed by atoms with E-state index in [9.17, 15) is 0 Å². The van der Waals surface area contributed by atoms with Crippen LogP contribution in [0.4, 0.5) is 0 Å². The van der Waals surface area contributed by atoms with E-state index in [4.69, 9.17) is 16.9 Å². The van der Waals surface area contributed by atoms with E-state index >= 15 is 0 Å². The molecule has 4 nitrogen and oxygen atoms in total. The molecule has 0 radical (unpaired) electrons. The Morgan fingerprint density at radius 1 is 1.47 bits per heavy atom. The van der Waals surface area contributed by atoms with Crippen LogP contribution in [0.2, 0.25) is 5.02 Å². The Labute approximate surface area is 108 Å². The number of nitrogens with zero attached hydrogens (tertiary/aromatic N) is 3. The quantitative estimate of drug-likeness (QED) is 0.863. The van der Waals surface area contributed by atoms with Crippen molar-refractivity contribution in [2.75, 3.05) is 0 Å². The van der Waals surface area contributed by atoms with Gasteiger partial charge in [-0.3, -0.25) is 5.10 Å². The van der Waals surface area contributed by atoms with Crippen molar-refractivity contribution >= 4 is 23.4 Å². The molecule has 2 aromatic rings. The molecule has 17 heavy (non-hydrogen) atoms. The minimum atomic E-state index is 0.234. The number of hydrogen-bond acceptors (Lipinski definition) is 4. The third kappa shape index (κ3) is 3.48. The molecule has 1 heterocycles. The third-order valence-corrected chi connectivity index (χ3v) is 3.23. The molecule has 0 aliphatic carbocycles. The van der Waals surface area contributed by atoms with E-state index in [1.165, 1.54) is 0 Å². The zero-order valence-corrected chi connectivity index (χ0v) is 10.4. The first-order valence-corrected chi connectivity index (χ1v) is 6.30. The first kappa shape index (κ1) is 12.0. The molecule has 6 heteroatoms. The summed E-state index contributed by atoms with van der Waals surface area (Å²) in [4.78, 5) is 5.27. The summed E-state index contributed by atoms with van der Waals surface area (Å²) < 4.78 is 0. The van der Waals surface area contributed by atoms with Crippen molar-refractivity contribution in [1.82, 2.24) is 15.2 Å². The maximum atomic E-state index is 8.50. The van der Waals surface area contributed by atoms with Gasteiger partial charge >= 0.3 is 0 Å². The van der Waals surface area contributed by atoms with Gasteiger partial charge in [0.15, 0.2) is 5.82 Å². The number of thioether (sulfide) groups is 1. The van der Waals surface area contributed by atoms with Gasteiger partial charge in [-0.05, 0) is 18.2 Å². The molecule has 2 rings (SSSR count). The van der Waals surface area contributed by atoms with Crippen molar-refractivity contribution in [1.29, 1.82) is 5.26 Å². The second-order valence-corrected chi connectivity index (χ2v) is 4.76. The van der Waals surface area contributed by atoms with E-state index in [-0.39, 0.29) is 6.42 Å². The summed E-state index contributed by atoms with van der Waals surface area (Å²) in [5.41, 5.74) is 0. The second-order valence-electron chi connectivity index (χ2n) is 3.28. The average Bonchev–Trinajstić information content (AvgIpc) is 2.75. The summed E-state index contributed by atoms with van der Waals surface area (Å²) in [5.74, 6) is 1.98. The lowest BCUT2D eigenvalue weighted by molar-refractivity contribution is 0.986. The summed E-state index contributed by atoms with van der Waals surface area (Å²) >= 11 is 7.50. The Balaban J connectivity index is 1.95. The first-order valence-electron chi connectivity index (χ1n) is 4.93. The molecule has 0 spiro atoms. The van der Waals surface area contributed by atoms with Gasteiger partial charge in [0.2, 0.25) is 0 Å². The summed E-state index contributed by atoms with van der Waals surface area (Å²) in [6, 6.07) is 9.65. The fourth-order valence-electron chi connectivity index (χ4n) is 1.26. The highest BCUT2D eigenvalue weighted by Gasteiger charge is 2.03. The van der Waals surface area contributed by atoms with Crippen LogP contribution in [-0.4, -0.2) is 15.2 Å². The summed E-state index contributed by atoms with van der Waals surface area (Å²) in [6.45, 7) is 0. The van der Waals surface area contributed by atoms with Crippen LogP contribution in [0.3, 0.4) is 0 Å². The lowest BCUT2D eigenvalue weighted by atomic mass is 10.4. The predicted molar refractivity (Wildman–Crippen MR) is 66.7 cm³/mol. The van der Waals surface area contributed by atoms with Crippen LogP contribution >= 0.6 is 23.4 Å². The van der Waals surface area contributed by atoms with E-state index in [1.54, 1.807) is 11.8 Å². The van der Waals surface area contributed by atoms with Crippen LogP contribution < -0.4 is 0 Å². The van der Waals surface area contributed by atoms with E-state index in [0.717, 1.165) is 15.7 Å². The zero-order chi connectivity index (χ0) is 12.1. The molecule has 0 atom stereocenters. The summed E-state index contributed by atoms with van der Waals surface area (Å²) in [7, 11) is 0. The van der Waals surface area contributed by atoms with Crippen molar-refractivity contribution in [2.45, 2.75) is 17.1 Å². The van der Waals surface area contributed by atoms with E-state index in [2.05, 4.69) is 15.2 Å². The number of aromatic nitrogens is 3. The molecule has 1 N–H and O–H groups in total.